The zero-order chi connectivity index (χ0) is 10.1. The minimum Gasteiger partial charge on any atom is -0.339 e. The van der Waals surface area contributed by atoms with E-state index in [4.69, 9.17) is 11.6 Å². The minimum absolute atomic E-state index is 0.0248. The summed E-state index contributed by atoms with van der Waals surface area (Å²) in [5, 5.41) is 0.361. The van der Waals surface area contributed by atoms with Crippen molar-refractivity contribution in [3.63, 3.8) is 0 Å². The minimum atomic E-state index is 0.0248. The van der Waals surface area contributed by atoms with Gasteiger partial charge in [0.2, 0.25) is 0 Å². The van der Waals surface area contributed by atoms with Crippen LogP contribution in [0.4, 0.5) is 0 Å². The first-order chi connectivity index (χ1) is 6.68. The van der Waals surface area contributed by atoms with E-state index in [2.05, 4.69) is 4.98 Å². The van der Waals surface area contributed by atoms with Crippen LogP contribution in [0.15, 0.2) is 18.3 Å². The van der Waals surface area contributed by atoms with Crippen molar-refractivity contribution in [2.24, 2.45) is 0 Å². The van der Waals surface area contributed by atoms with Crippen LogP contribution < -0.4 is 0 Å². The van der Waals surface area contributed by atoms with Crippen LogP contribution in [0.5, 0.6) is 0 Å². The molecule has 1 aromatic rings. The third-order valence-corrected chi connectivity index (χ3v) is 2.60. The second kappa shape index (κ2) is 3.58. The maximum atomic E-state index is 11.8. The van der Waals surface area contributed by atoms with Crippen LogP contribution in [-0.4, -0.2) is 28.9 Å². The summed E-state index contributed by atoms with van der Waals surface area (Å²) in [7, 11) is 1.83. The molecule has 0 N–H and O–H groups in total. The topological polar surface area (TPSA) is 33.2 Å². The Labute approximate surface area is 87.7 Å². The van der Waals surface area contributed by atoms with E-state index in [1.54, 1.807) is 23.2 Å². The van der Waals surface area contributed by atoms with Crippen molar-refractivity contribution in [3.05, 3.63) is 29.0 Å². The quantitative estimate of drug-likeness (QED) is 0.700. The lowest BCUT2D eigenvalue weighted by Crippen LogP contribution is -2.28. The second-order valence-electron chi connectivity index (χ2n) is 3.51. The first-order valence-corrected chi connectivity index (χ1v) is 4.95. The summed E-state index contributed by atoms with van der Waals surface area (Å²) in [6, 6.07) is 3.71. The molecule has 0 unspecified atom stereocenters. The van der Waals surface area contributed by atoms with Gasteiger partial charge in [0.05, 0.1) is 0 Å². The van der Waals surface area contributed by atoms with Crippen LogP contribution in [0, 0.1) is 0 Å². The highest BCUT2D eigenvalue weighted by molar-refractivity contribution is 6.29. The summed E-state index contributed by atoms with van der Waals surface area (Å²) in [6.07, 6.45) is 3.78. The number of rotatable bonds is 2. The van der Waals surface area contributed by atoms with Crippen LogP contribution in [0.1, 0.15) is 23.2 Å². The predicted molar refractivity (Wildman–Crippen MR) is 54.4 cm³/mol. The number of hydrogen-bond acceptors (Lipinski definition) is 2. The van der Waals surface area contributed by atoms with Gasteiger partial charge in [-0.1, -0.05) is 11.6 Å². The van der Waals surface area contributed by atoms with Gasteiger partial charge < -0.3 is 4.90 Å². The lowest BCUT2D eigenvalue weighted by atomic mass is 10.2. The van der Waals surface area contributed by atoms with Crippen molar-refractivity contribution >= 4 is 17.5 Å². The van der Waals surface area contributed by atoms with E-state index in [0.717, 1.165) is 12.8 Å². The molecule has 74 valence electrons. The SMILES string of the molecule is CN(C(=O)c1ccnc(Cl)c1)C1CC1. The zero-order valence-electron chi connectivity index (χ0n) is 7.90. The first-order valence-electron chi connectivity index (χ1n) is 4.57. The van der Waals surface area contributed by atoms with Crippen molar-refractivity contribution in [1.82, 2.24) is 9.88 Å². The maximum Gasteiger partial charge on any atom is 0.254 e. The monoisotopic (exact) mass is 210 g/mol. The maximum absolute atomic E-state index is 11.8. The highest BCUT2D eigenvalue weighted by Gasteiger charge is 2.30. The van der Waals surface area contributed by atoms with Crippen molar-refractivity contribution in [2.75, 3.05) is 7.05 Å². The lowest BCUT2D eigenvalue weighted by Gasteiger charge is -2.15. The number of aromatic nitrogens is 1. The first kappa shape index (κ1) is 9.46. The molecule has 0 atom stereocenters. The largest absolute Gasteiger partial charge is 0.339 e. The molecule has 3 nitrogen and oxygen atoms in total. The van der Waals surface area contributed by atoms with Crippen LogP contribution in [0.3, 0.4) is 0 Å². The number of carbonyl (C=O) groups is 1. The van der Waals surface area contributed by atoms with Crippen molar-refractivity contribution < 1.29 is 4.79 Å². The van der Waals surface area contributed by atoms with E-state index in [9.17, 15) is 4.79 Å². The van der Waals surface area contributed by atoms with Crippen molar-refractivity contribution in [1.29, 1.82) is 0 Å². The molecule has 14 heavy (non-hydrogen) atoms. The van der Waals surface area contributed by atoms with Crippen molar-refractivity contribution in [2.45, 2.75) is 18.9 Å². The Bertz CT molecular complexity index is 363. The Balaban J connectivity index is 2.17. The number of nitrogens with zero attached hydrogens (tertiary/aromatic N) is 2. The third-order valence-electron chi connectivity index (χ3n) is 2.39. The van der Waals surface area contributed by atoms with Crippen LogP contribution in [0.2, 0.25) is 5.15 Å². The van der Waals surface area contributed by atoms with Gasteiger partial charge in [0.1, 0.15) is 5.15 Å². The van der Waals surface area contributed by atoms with E-state index in [0.29, 0.717) is 16.8 Å². The molecular weight excluding hydrogens is 200 g/mol. The molecule has 0 saturated heterocycles. The smallest absolute Gasteiger partial charge is 0.254 e. The van der Waals surface area contributed by atoms with Gasteiger partial charge >= 0.3 is 0 Å². The fraction of sp³-hybridized carbons (Fsp3) is 0.400. The van der Waals surface area contributed by atoms with Crippen LogP contribution in [0.25, 0.3) is 0 Å². The van der Waals surface area contributed by atoms with Gasteiger partial charge in [-0.05, 0) is 25.0 Å². The molecular formula is C10H11ClN2O. The lowest BCUT2D eigenvalue weighted by molar-refractivity contribution is 0.0785. The highest BCUT2D eigenvalue weighted by atomic mass is 35.5. The molecule has 1 saturated carbocycles. The van der Waals surface area contributed by atoms with Gasteiger partial charge in [-0.15, -0.1) is 0 Å². The molecule has 1 amide bonds. The van der Waals surface area contributed by atoms with Crippen LogP contribution in [-0.2, 0) is 0 Å². The Morgan fingerprint density at radius 1 is 1.64 bits per heavy atom. The molecule has 1 aromatic heterocycles. The molecule has 1 aliphatic carbocycles. The molecule has 0 spiro atoms. The Hall–Kier alpha value is -1.09. The van der Waals surface area contributed by atoms with E-state index < -0.39 is 0 Å². The van der Waals surface area contributed by atoms with E-state index >= 15 is 0 Å². The van der Waals surface area contributed by atoms with Gasteiger partial charge in [0.25, 0.3) is 5.91 Å². The number of halogens is 1. The van der Waals surface area contributed by atoms with Gasteiger partial charge in [-0.3, -0.25) is 4.79 Å². The Morgan fingerprint density at radius 2 is 2.36 bits per heavy atom. The summed E-state index contributed by atoms with van der Waals surface area (Å²) in [6.45, 7) is 0. The van der Waals surface area contributed by atoms with Gasteiger partial charge in [0, 0.05) is 24.8 Å². The van der Waals surface area contributed by atoms with Crippen LogP contribution >= 0.6 is 11.6 Å². The molecule has 0 radical (unpaired) electrons. The van der Waals surface area contributed by atoms with Gasteiger partial charge in [0.15, 0.2) is 0 Å². The number of hydrogen-bond donors (Lipinski definition) is 0. The van der Waals surface area contributed by atoms with E-state index in [1.165, 1.54) is 0 Å². The molecule has 0 bridgehead atoms. The van der Waals surface area contributed by atoms with E-state index in [1.807, 2.05) is 7.05 Å². The Kier molecular flexibility index (Phi) is 2.42. The zero-order valence-corrected chi connectivity index (χ0v) is 8.66. The fourth-order valence-corrected chi connectivity index (χ4v) is 1.54. The van der Waals surface area contributed by atoms with Crippen molar-refractivity contribution in [3.8, 4) is 0 Å². The second-order valence-corrected chi connectivity index (χ2v) is 3.90. The number of carbonyl (C=O) groups excluding carboxylic acids is 1. The van der Waals surface area contributed by atoms with Gasteiger partial charge in [-0.2, -0.15) is 0 Å². The molecule has 1 heterocycles. The van der Waals surface area contributed by atoms with Gasteiger partial charge in [-0.25, -0.2) is 4.98 Å². The molecule has 1 aliphatic rings. The summed E-state index contributed by atoms with van der Waals surface area (Å²) in [4.78, 5) is 17.4. The average molecular weight is 211 g/mol. The molecule has 0 aliphatic heterocycles. The summed E-state index contributed by atoms with van der Waals surface area (Å²) < 4.78 is 0. The summed E-state index contributed by atoms with van der Waals surface area (Å²) >= 11 is 5.71. The number of amides is 1. The predicted octanol–water partition coefficient (Wildman–Crippen LogP) is 1.97. The number of pyridine rings is 1. The molecule has 1 fully saturated rings. The third kappa shape index (κ3) is 1.87. The highest BCUT2D eigenvalue weighted by Crippen LogP contribution is 2.26. The average Bonchev–Trinajstić information content (AvgIpc) is 2.99. The molecule has 0 aromatic carbocycles. The van der Waals surface area contributed by atoms with E-state index in [-0.39, 0.29) is 5.91 Å². The standard InChI is InChI=1S/C10H11ClN2O/c1-13(8-2-3-8)10(14)7-4-5-12-9(11)6-7/h4-6,8H,2-3H2,1H3. The Morgan fingerprint density at radius 3 is 2.93 bits per heavy atom. The molecule has 2 rings (SSSR count). The summed E-state index contributed by atoms with van der Waals surface area (Å²) in [5.74, 6) is 0.0248. The normalized spacial score (nSPS) is 15.3. The summed E-state index contributed by atoms with van der Waals surface area (Å²) in [5.41, 5.74) is 0.611. The molecule has 4 heteroatoms. The fourth-order valence-electron chi connectivity index (χ4n) is 1.37.